The van der Waals surface area contributed by atoms with Gasteiger partial charge >= 0.3 is 0 Å². The van der Waals surface area contributed by atoms with Crippen LogP contribution in [0.3, 0.4) is 0 Å². The number of ketones is 1. The van der Waals surface area contributed by atoms with Crippen LogP contribution in [0.5, 0.6) is 0 Å². The minimum absolute atomic E-state index is 0.0244. The lowest BCUT2D eigenvalue weighted by atomic mass is 10.1. The van der Waals surface area contributed by atoms with Crippen molar-refractivity contribution in [1.82, 2.24) is 4.90 Å². The Kier molecular flexibility index (Phi) is 7.70. The van der Waals surface area contributed by atoms with Crippen molar-refractivity contribution in [3.63, 3.8) is 0 Å². The van der Waals surface area contributed by atoms with Gasteiger partial charge in [0.2, 0.25) is 5.91 Å². The highest BCUT2D eigenvalue weighted by molar-refractivity contribution is 7.98. The summed E-state index contributed by atoms with van der Waals surface area (Å²) in [5, 5.41) is 0. The molecule has 0 aromatic heterocycles. The minimum Gasteiger partial charge on any atom is -0.295 e. The van der Waals surface area contributed by atoms with Crippen LogP contribution < -0.4 is 0 Å². The second kappa shape index (κ2) is 9.99. The molecule has 0 atom stereocenters. The number of hydrogen-bond donors (Lipinski definition) is 0. The number of fused-ring (bicyclic) bond motifs is 1. The summed E-state index contributed by atoms with van der Waals surface area (Å²) in [5.41, 5.74) is 2.00. The Morgan fingerprint density at radius 3 is 1.86 bits per heavy atom. The van der Waals surface area contributed by atoms with Crippen LogP contribution in [0.2, 0.25) is 0 Å². The molecule has 146 valence electrons. The van der Waals surface area contributed by atoms with E-state index in [1.807, 2.05) is 11.8 Å². The number of nitrogens with zero attached hydrogens (tertiary/aromatic N) is 1. The van der Waals surface area contributed by atoms with E-state index in [4.69, 9.17) is 0 Å². The third kappa shape index (κ3) is 4.95. The van der Waals surface area contributed by atoms with Gasteiger partial charge in [-0.25, -0.2) is 4.90 Å². The van der Waals surface area contributed by atoms with E-state index in [-0.39, 0.29) is 23.3 Å². The monoisotopic (exact) mass is 397 g/mol. The summed E-state index contributed by atoms with van der Waals surface area (Å²) in [6.07, 6.45) is 2.54. The molecule has 0 saturated carbocycles. The Morgan fingerprint density at radius 1 is 0.929 bits per heavy atom. The van der Waals surface area contributed by atoms with Crippen LogP contribution >= 0.6 is 11.8 Å². The van der Waals surface area contributed by atoms with Crippen LogP contribution in [-0.2, 0) is 11.2 Å². The molecular formula is C22H23NO4S. The number of carbonyl (C=O) groups is 4. The molecule has 6 heteroatoms. The smallest absolute Gasteiger partial charge is 0.268 e. The van der Waals surface area contributed by atoms with Crippen molar-refractivity contribution >= 4 is 35.3 Å². The van der Waals surface area contributed by atoms with E-state index in [1.54, 1.807) is 48.5 Å². The fourth-order valence-corrected chi connectivity index (χ4v) is 2.68. The number of Topliss-reactive ketones (excluding diaryl/α,β-unsaturated/α-hetero) is 1. The second-order valence-electron chi connectivity index (χ2n) is 6.22. The van der Waals surface area contributed by atoms with E-state index in [9.17, 15) is 19.2 Å². The Bertz CT molecular complexity index is 853. The number of rotatable bonds is 5. The van der Waals surface area contributed by atoms with Crippen molar-refractivity contribution in [2.45, 2.75) is 26.7 Å². The fraction of sp³-hybridized carbons (Fsp3) is 0.273. The van der Waals surface area contributed by atoms with Crippen LogP contribution in [0.1, 0.15) is 56.9 Å². The SMILES string of the molecule is CC(=O)c1ccc(CCC(=O)N2C(=O)c3ccccc3C2=O)cc1.CCSC. The van der Waals surface area contributed by atoms with Gasteiger partial charge < -0.3 is 0 Å². The van der Waals surface area contributed by atoms with Gasteiger partial charge in [-0.05, 0) is 43.0 Å². The van der Waals surface area contributed by atoms with Crippen molar-refractivity contribution in [3.05, 3.63) is 70.8 Å². The zero-order chi connectivity index (χ0) is 20.7. The van der Waals surface area contributed by atoms with E-state index >= 15 is 0 Å². The molecule has 1 aliphatic heterocycles. The molecule has 0 bridgehead atoms. The van der Waals surface area contributed by atoms with Gasteiger partial charge in [-0.3, -0.25) is 19.2 Å². The molecule has 3 amide bonds. The first-order chi connectivity index (χ1) is 13.4. The van der Waals surface area contributed by atoms with Gasteiger partial charge in [-0.2, -0.15) is 11.8 Å². The summed E-state index contributed by atoms with van der Waals surface area (Å²) in [6.45, 7) is 3.63. The zero-order valence-electron chi connectivity index (χ0n) is 16.2. The molecule has 0 saturated heterocycles. The van der Waals surface area contributed by atoms with Crippen molar-refractivity contribution < 1.29 is 19.2 Å². The molecule has 0 radical (unpaired) electrons. The predicted octanol–water partition coefficient (Wildman–Crippen LogP) is 4.01. The lowest BCUT2D eigenvalue weighted by Crippen LogP contribution is -2.36. The first-order valence-electron chi connectivity index (χ1n) is 9.00. The normalized spacial score (nSPS) is 12.3. The molecule has 3 rings (SSSR count). The van der Waals surface area contributed by atoms with Crippen LogP contribution in [-0.4, -0.2) is 40.4 Å². The van der Waals surface area contributed by atoms with Crippen LogP contribution in [0.15, 0.2) is 48.5 Å². The molecule has 0 fully saturated rings. The molecule has 0 spiro atoms. The highest BCUT2D eigenvalue weighted by Crippen LogP contribution is 2.23. The highest BCUT2D eigenvalue weighted by Gasteiger charge is 2.39. The Labute approximate surface area is 169 Å². The van der Waals surface area contributed by atoms with Gasteiger partial charge in [0.1, 0.15) is 0 Å². The highest BCUT2D eigenvalue weighted by atomic mass is 32.2. The third-order valence-corrected chi connectivity index (χ3v) is 4.90. The zero-order valence-corrected chi connectivity index (χ0v) is 17.0. The van der Waals surface area contributed by atoms with Gasteiger partial charge in [0.15, 0.2) is 5.78 Å². The number of hydrogen-bond acceptors (Lipinski definition) is 5. The average molecular weight is 397 g/mol. The van der Waals surface area contributed by atoms with Gasteiger partial charge in [0.05, 0.1) is 11.1 Å². The van der Waals surface area contributed by atoms with Gasteiger partial charge in [-0.15, -0.1) is 0 Å². The van der Waals surface area contributed by atoms with Crippen molar-refractivity contribution in [3.8, 4) is 0 Å². The maximum atomic E-state index is 12.3. The van der Waals surface area contributed by atoms with Crippen LogP contribution in [0, 0.1) is 0 Å². The quantitative estimate of drug-likeness (QED) is 0.563. The first kappa shape index (κ1) is 21.6. The number of carbonyl (C=O) groups excluding carboxylic acids is 4. The summed E-state index contributed by atoms with van der Waals surface area (Å²) in [4.78, 5) is 48.7. The summed E-state index contributed by atoms with van der Waals surface area (Å²) in [5.74, 6) is -0.430. The molecule has 0 unspecified atom stereocenters. The summed E-state index contributed by atoms with van der Waals surface area (Å²) < 4.78 is 0. The van der Waals surface area contributed by atoms with E-state index in [0.29, 0.717) is 16.9 Å². The molecular weight excluding hydrogens is 374 g/mol. The second-order valence-corrected chi connectivity index (χ2v) is 7.37. The summed E-state index contributed by atoms with van der Waals surface area (Å²) >= 11 is 1.86. The topological polar surface area (TPSA) is 71.5 Å². The Balaban J connectivity index is 0.000000640. The molecule has 1 aliphatic rings. The van der Waals surface area contributed by atoms with Gasteiger partial charge in [0.25, 0.3) is 11.8 Å². The van der Waals surface area contributed by atoms with Gasteiger partial charge in [-0.1, -0.05) is 43.3 Å². The molecule has 28 heavy (non-hydrogen) atoms. The largest absolute Gasteiger partial charge is 0.295 e. The van der Waals surface area contributed by atoms with Crippen molar-refractivity contribution in [2.75, 3.05) is 12.0 Å². The number of aryl methyl sites for hydroxylation is 1. The molecule has 2 aromatic carbocycles. The Morgan fingerprint density at radius 2 is 1.43 bits per heavy atom. The first-order valence-corrected chi connectivity index (χ1v) is 10.4. The molecule has 0 aliphatic carbocycles. The number of benzene rings is 2. The van der Waals surface area contributed by atoms with Gasteiger partial charge in [0, 0.05) is 12.0 Å². The standard InChI is InChI=1S/C19H15NO4.C3H8S/c1-12(21)14-9-6-13(7-10-14)8-11-17(22)20-18(23)15-4-2-3-5-16(15)19(20)24;1-3-4-2/h2-7,9-10H,8,11H2,1H3;3H2,1-2H3. The minimum atomic E-state index is -0.562. The predicted molar refractivity (Wildman–Crippen MR) is 111 cm³/mol. The van der Waals surface area contributed by atoms with E-state index in [2.05, 4.69) is 13.2 Å². The molecule has 1 heterocycles. The Hall–Kier alpha value is -2.73. The van der Waals surface area contributed by atoms with E-state index in [0.717, 1.165) is 5.56 Å². The maximum absolute atomic E-state index is 12.3. The number of imide groups is 3. The average Bonchev–Trinajstić information content (AvgIpc) is 2.97. The lowest BCUT2D eigenvalue weighted by Gasteiger charge is -2.11. The van der Waals surface area contributed by atoms with E-state index in [1.165, 1.54) is 12.7 Å². The number of thioether (sulfide) groups is 1. The van der Waals surface area contributed by atoms with Crippen molar-refractivity contribution in [1.29, 1.82) is 0 Å². The lowest BCUT2D eigenvalue weighted by molar-refractivity contribution is -0.126. The summed E-state index contributed by atoms with van der Waals surface area (Å²) in [7, 11) is 0. The number of amides is 3. The molecule has 5 nitrogen and oxygen atoms in total. The van der Waals surface area contributed by atoms with Crippen LogP contribution in [0.25, 0.3) is 0 Å². The molecule has 0 N–H and O–H groups in total. The van der Waals surface area contributed by atoms with Crippen molar-refractivity contribution in [2.24, 2.45) is 0 Å². The fourth-order valence-electron chi connectivity index (χ4n) is 2.68. The van der Waals surface area contributed by atoms with Crippen LogP contribution in [0.4, 0.5) is 0 Å². The third-order valence-electron chi connectivity index (χ3n) is 4.32. The molecule has 2 aromatic rings. The maximum Gasteiger partial charge on any atom is 0.268 e. The van der Waals surface area contributed by atoms with E-state index < -0.39 is 17.7 Å². The summed E-state index contributed by atoms with van der Waals surface area (Å²) in [6, 6.07) is 13.4.